The molecule has 2 aromatic rings. The van der Waals surface area contributed by atoms with Crippen LogP contribution >= 0.6 is 0 Å². The molecule has 1 N–H and O–H groups in total. The zero-order valence-electron chi connectivity index (χ0n) is 16.5. The number of benzene rings is 2. The van der Waals surface area contributed by atoms with Gasteiger partial charge in [0.1, 0.15) is 0 Å². The minimum Gasteiger partial charge on any atom is -0.311 e. The van der Waals surface area contributed by atoms with E-state index in [0.717, 1.165) is 35.2 Å². The lowest BCUT2D eigenvalue weighted by atomic mass is 10.0. The molecule has 0 bridgehead atoms. The SMILES string of the molecule is CCc1cccc(CC)c1N(CCNS(=O)(=O)c1ccc(C)cc1)C(C)=O. The molecule has 0 radical (unpaired) electrons. The first kappa shape index (κ1) is 21.1. The summed E-state index contributed by atoms with van der Waals surface area (Å²) in [6.45, 7) is 7.96. The van der Waals surface area contributed by atoms with E-state index in [-0.39, 0.29) is 23.9 Å². The van der Waals surface area contributed by atoms with E-state index >= 15 is 0 Å². The van der Waals surface area contributed by atoms with Crippen molar-refractivity contribution in [3.8, 4) is 0 Å². The smallest absolute Gasteiger partial charge is 0.240 e. The van der Waals surface area contributed by atoms with Gasteiger partial charge in [-0.05, 0) is 43.0 Å². The fraction of sp³-hybridized carbons (Fsp3) is 0.381. The fourth-order valence-electron chi connectivity index (χ4n) is 3.08. The van der Waals surface area contributed by atoms with E-state index in [1.807, 2.05) is 25.1 Å². The van der Waals surface area contributed by atoms with E-state index < -0.39 is 10.0 Å². The van der Waals surface area contributed by atoms with Crippen LogP contribution in [-0.2, 0) is 27.7 Å². The molecule has 27 heavy (non-hydrogen) atoms. The molecule has 146 valence electrons. The lowest BCUT2D eigenvalue weighted by Gasteiger charge is -2.26. The number of nitrogens with zero attached hydrogens (tertiary/aromatic N) is 1. The summed E-state index contributed by atoms with van der Waals surface area (Å²) < 4.78 is 27.5. The van der Waals surface area contributed by atoms with Crippen LogP contribution in [0.4, 0.5) is 5.69 Å². The maximum atomic E-state index is 12.5. The first-order valence-electron chi connectivity index (χ1n) is 9.25. The van der Waals surface area contributed by atoms with Crippen molar-refractivity contribution in [2.45, 2.75) is 45.4 Å². The molecule has 0 aliphatic carbocycles. The topological polar surface area (TPSA) is 66.5 Å². The molecule has 0 saturated heterocycles. The summed E-state index contributed by atoms with van der Waals surface area (Å²) in [6, 6.07) is 12.7. The highest BCUT2D eigenvalue weighted by Crippen LogP contribution is 2.27. The Kier molecular flexibility index (Phi) is 7.16. The summed E-state index contributed by atoms with van der Waals surface area (Å²) in [5.41, 5.74) is 4.08. The van der Waals surface area contributed by atoms with Crippen molar-refractivity contribution >= 4 is 21.6 Å². The number of carbonyl (C=O) groups is 1. The van der Waals surface area contributed by atoms with Crippen LogP contribution in [0.25, 0.3) is 0 Å². The number of amides is 1. The van der Waals surface area contributed by atoms with E-state index in [1.54, 1.807) is 29.2 Å². The molecular formula is C21H28N2O3S. The number of aryl methyl sites for hydroxylation is 3. The molecule has 6 heteroatoms. The summed E-state index contributed by atoms with van der Waals surface area (Å²) in [4.78, 5) is 14.2. The second kappa shape index (κ2) is 9.15. The number of carbonyl (C=O) groups excluding carboxylic acids is 1. The van der Waals surface area contributed by atoms with Gasteiger partial charge in [0.25, 0.3) is 0 Å². The molecule has 2 rings (SSSR count). The van der Waals surface area contributed by atoms with Crippen LogP contribution in [0, 0.1) is 6.92 Å². The van der Waals surface area contributed by atoms with Gasteiger partial charge in [-0.1, -0.05) is 49.7 Å². The molecule has 0 heterocycles. The molecular weight excluding hydrogens is 360 g/mol. The van der Waals surface area contributed by atoms with Crippen molar-refractivity contribution in [2.24, 2.45) is 0 Å². The second-order valence-corrected chi connectivity index (χ2v) is 8.28. The summed E-state index contributed by atoms with van der Waals surface area (Å²) in [6.07, 6.45) is 1.62. The lowest BCUT2D eigenvalue weighted by Crippen LogP contribution is -2.38. The highest BCUT2D eigenvalue weighted by atomic mass is 32.2. The third kappa shape index (κ3) is 5.17. The largest absolute Gasteiger partial charge is 0.311 e. The van der Waals surface area contributed by atoms with E-state index in [4.69, 9.17) is 0 Å². The van der Waals surface area contributed by atoms with Gasteiger partial charge >= 0.3 is 0 Å². The zero-order valence-corrected chi connectivity index (χ0v) is 17.3. The van der Waals surface area contributed by atoms with Crippen LogP contribution in [-0.4, -0.2) is 27.4 Å². The molecule has 0 fully saturated rings. The standard InChI is InChI=1S/C21H28N2O3S/c1-5-18-8-7-9-19(6-2)21(18)23(17(4)24)15-14-22-27(25,26)20-12-10-16(3)11-13-20/h7-13,22H,5-6,14-15H2,1-4H3. The number of rotatable bonds is 8. The van der Waals surface area contributed by atoms with Gasteiger partial charge in [-0.25, -0.2) is 13.1 Å². The summed E-state index contributed by atoms with van der Waals surface area (Å²) in [5, 5.41) is 0. The van der Waals surface area contributed by atoms with Gasteiger partial charge < -0.3 is 4.90 Å². The molecule has 0 atom stereocenters. The normalized spacial score (nSPS) is 11.4. The van der Waals surface area contributed by atoms with E-state index in [0.29, 0.717) is 0 Å². The Hall–Kier alpha value is -2.18. The third-order valence-corrected chi connectivity index (χ3v) is 6.05. The van der Waals surface area contributed by atoms with Crippen LogP contribution < -0.4 is 9.62 Å². The van der Waals surface area contributed by atoms with E-state index in [9.17, 15) is 13.2 Å². The van der Waals surface area contributed by atoms with E-state index in [2.05, 4.69) is 18.6 Å². The molecule has 1 amide bonds. The van der Waals surface area contributed by atoms with Crippen molar-refractivity contribution in [1.29, 1.82) is 0 Å². The van der Waals surface area contributed by atoms with Crippen molar-refractivity contribution in [2.75, 3.05) is 18.0 Å². The van der Waals surface area contributed by atoms with Gasteiger partial charge in [-0.2, -0.15) is 0 Å². The van der Waals surface area contributed by atoms with Gasteiger partial charge in [-0.15, -0.1) is 0 Å². The lowest BCUT2D eigenvalue weighted by molar-refractivity contribution is -0.116. The first-order chi connectivity index (χ1) is 12.8. The molecule has 0 aromatic heterocycles. The number of sulfonamides is 1. The van der Waals surface area contributed by atoms with Crippen LogP contribution in [0.3, 0.4) is 0 Å². The summed E-state index contributed by atoms with van der Waals surface area (Å²) in [7, 11) is -3.60. The van der Waals surface area contributed by atoms with Crippen LogP contribution in [0.1, 0.15) is 37.5 Å². The molecule has 2 aromatic carbocycles. The van der Waals surface area contributed by atoms with Crippen LogP contribution in [0.2, 0.25) is 0 Å². The molecule has 0 unspecified atom stereocenters. The number of hydrogen-bond acceptors (Lipinski definition) is 3. The van der Waals surface area contributed by atoms with Gasteiger partial charge in [-0.3, -0.25) is 4.79 Å². The maximum absolute atomic E-state index is 12.5. The van der Waals surface area contributed by atoms with Gasteiger partial charge in [0.2, 0.25) is 15.9 Å². The van der Waals surface area contributed by atoms with E-state index in [1.165, 1.54) is 6.92 Å². The Morgan fingerprint density at radius 1 is 1.00 bits per heavy atom. The summed E-state index contributed by atoms with van der Waals surface area (Å²) in [5.74, 6) is -0.0971. The monoisotopic (exact) mass is 388 g/mol. The molecule has 5 nitrogen and oxygen atoms in total. The van der Waals surface area contributed by atoms with Gasteiger partial charge in [0.15, 0.2) is 0 Å². The van der Waals surface area contributed by atoms with Crippen LogP contribution in [0.15, 0.2) is 47.4 Å². The Balaban J connectivity index is 2.19. The predicted octanol–water partition coefficient (Wildman–Crippen LogP) is 3.45. The number of anilines is 1. The van der Waals surface area contributed by atoms with Crippen molar-refractivity contribution < 1.29 is 13.2 Å². The number of para-hydroxylation sites is 1. The minimum atomic E-state index is -3.60. The minimum absolute atomic E-state index is 0.0971. The highest BCUT2D eigenvalue weighted by Gasteiger charge is 2.19. The Bertz CT molecular complexity index is 868. The Morgan fingerprint density at radius 3 is 2.04 bits per heavy atom. The average molecular weight is 389 g/mol. The number of nitrogens with one attached hydrogen (secondary N) is 1. The third-order valence-electron chi connectivity index (χ3n) is 4.57. The Labute approximate surface area is 162 Å². The summed E-state index contributed by atoms with van der Waals surface area (Å²) >= 11 is 0. The molecule has 0 aliphatic heterocycles. The van der Waals surface area contributed by atoms with Crippen molar-refractivity contribution in [3.63, 3.8) is 0 Å². The number of hydrogen-bond donors (Lipinski definition) is 1. The van der Waals surface area contributed by atoms with Crippen molar-refractivity contribution in [1.82, 2.24) is 4.72 Å². The maximum Gasteiger partial charge on any atom is 0.240 e. The first-order valence-corrected chi connectivity index (χ1v) is 10.7. The quantitative estimate of drug-likeness (QED) is 0.753. The fourth-order valence-corrected chi connectivity index (χ4v) is 4.10. The predicted molar refractivity (Wildman–Crippen MR) is 110 cm³/mol. The molecule has 0 saturated carbocycles. The highest BCUT2D eigenvalue weighted by molar-refractivity contribution is 7.89. The molecule has 0 spiro atoms. The average Bonchev–Trinajstić information content (AvgIpc) is 2.64. The molecule has 0 aliphatic rings. The van der Waals surface area contributed by atoms with Gasteiger partial charge in [0.05, 0.1) is 10.6 Å². The van der Waals surface area contributed by atoms with Gasteiger partial charge in [0, 0.05) is 20.0 Å². The zero-order chi connectivity index (χ0) is 20.0. The Morgan fingerprint density at radius 2 is 1.56 bits per heavy atom. The van der Waals surface area contributed by atoms with Crippen molar-refractivity contribution in [3.05, 3.63) is 59.2 Å². The van der Waals surface area contributed by atoms with Crippen LogP contribution in [0.5, 0.6) is 0 Å². The second-order valence-electron chi connectivity index (χ2n) is 6.51.